The Morgan fingerprint density at radius 2 is 2.12 bits per heavy atom. The number of aromatic nitrogens is 3. The Morgan fingerprint density at radius 3 is 2.75 bits per heavy atom. The Kier molecular flexibility index (Phi) is 1.68. The third-order valence-corrected chi connectivity index (χ3v) is 2.69. The fourth-order valence-electron chi connectivity index (χ4n) is 1.71. The second-order valence-corrected chi connectivity index (χ2v) is 3.93. The predicted octanol–water partition coefficient (Wildman–Crippen LogP) is 1.01. The molecule has 0 radical (unpaired) electrons. The van der Waals surface area contributed by atoms with Crippen molar-refractivity contribution < 1.29 is 15.0 Å². The van der Waals surface area contributed by atoms with Gasteiger partial charge in [-0.2, -0.15) is 4.98 Å². The summed E-state index contributed by atoms with van der Waals surface area (Å²) >= 11 is 0. The van der Waals surface area contributed by atoms with Gasteiger partial charge in [0.1, 0.15) is 0 Å². The maximum atomic E-state index is 10.7. The number of aromatic hydroxyl groups is 1. The minimum Gasteiger partial charge on any atom is -0.493 e. The van der Waals surface area contributed by atoms with Crippen LogP contribution < -0.4 is 0 Å². The molecule has 1 aliphatic rings. The van der Waals surface area contributed by atoms with Crippen LogP contribution >= 0.6 is 0 Å². The van der Waals surface area contributed by atoms with Gasteiger partial charge in [0.25, 0.3) is 0 Å². The van der Waals surface area contributed by atoms with Crippen molar-refractivity contribution in [3.05, 3.63) is 23.7 Å². The molecule has 2 N–H and O–H groups in total. The smallest absolute Gasteiger partial charge is 0.356 e. The molecule has 0 aromatic carbocycles. The Balaban J connectivity index is 2.19. The SMILES string of the molecule is O=C(O)c1cn2cc(C3CC3)c(O)nc2n1. The molecule has 6 heteroatoms. The molecular formula is C10H9N3O3. The lowest BCUT2D eigenvalue weighted by atomic mass is 10.2. The van der Waals surface area contributed by atoms with Gasteiger partial charge in [-0.1, -0.05) is 0 Å². The van der Waals surface area contributed by atoms with E-state index < -0.39 is 5.97 Å². The van der Waals surface area contributed by atoms with Gasteiger partial charge in [0, 0.05) is 18.0 Å². The Bertz CT molecular complexity index is 586. The molecular weight excluding hydrogens is 210 g/mol. The Morgan fingerprint density at radius 1 is 1.38 bits per heavy atom. The lowest BCUT2D eigenvalue weighted by molar-refractivity contribution is 0.0691. The minimum atomic E-state index is -1.10. The molecule has 0 atom stereocenters. The van der Waals surface area contributed by atoms with Gasteiger partial charge in [-0.25, -0.2) is 9.78 Å². The molecule has 3 rings (SSSR count). The molecule has 1 fully saturated rings. The first-order valence-corrected chi connectivity index (χ1v) is 4.97. The number of hydrogen-bond acceptors (Lipinski definition) is 4. The van der Waals surface area contributed by atoms with Crippen molar-refractivity contribution in [2.75, 3.05) is 0 Å². The number of imidazole rings is 1. The van der Waals surface area contributed by atoms with Crippen molar-refractivity contribution in [1.82, 2.24) is 14.4 Å². The van der Waals surface area contributed by atoms with Crippen LogP contribution in [0.4, 0.5) is 0 Å². The molecule has 6 nitrogen and oxygen atoms in total. The average molecular weight is 219 g/mol. The van der Waals surface area contributed by atoms with E-state index in [0.29, 0.717) is 5.92 Å². The molecule has 0 amide bonds. The highest BCUT2D eigenvalue weighted by Crippen LogP contribution is 2.43. The number of aromatic carboxylic acids is 1. The van der Waals surface area contributed by atoms with Crippen molar-refractivity contribution >= 4 is 11.7 Å². The molecule has 0 spiro atoms. The normalized spacial score (nSPS) is 15.5. The third-order valence-electron chi connectivity index (χ3n) is 2.69. The van der Waals surface area contributed by atoms with Gasteiger partial charge in [0.15, 0.2) is 5.69 Å². The van der Waals surface area contributed by atoms with Crippen molar-refractivity contribution in [2.24, 2.45) is 0 Å². The van der Waals surface area contributed by atoms with Gasteiger partial charge in [-0.3, -0.25) is 4.40 Å². The zero-order valence-corrected chi connectivity index (χ0v) is 8.29. The summed E-state index contributed by atoms with van der Waals surface area (Å²) in [5, 5.41) is 18.4. The van der Waals surface area contributed by atoms with E-state index in [9.17, 15) is 9.90 Å². The summed E-state index contributed by atoms with van der Waals surface area (Å²) in [7, 11) is 0. The number of carbonyl (C=O) groups is 1. The molecule has 2 heterocycles. The van der Waals surface area contributed by atoms with E-state index in [1.807, 2.05) is 0 Å². The highest BCUT2D eigenvalue weighted by Gasteiger charge is 2.28. The van der Waals surface area contributed by atoms with E-state index in [-0.39, 0.29) is 17.4 Å². The first-order valence-electron chi connectivity index (χ1n) is 4.97. The molecule has 1 aliphatic carbocycles. The fourth-order valence-corrected chi connectivity index (χ4v) is 1.71. The number of hydrogen-bond donors (Lipinski definition) is 2. The molecule has 2 aromatic heterocycles. The van der Waals surface area contributed by atoms with Gasteiger partial charge in [0.2, 0.25) is 11.7 Å². The van der Waals surface area contributed by atoms with Gasteiger partial charge in [-0.05, 0) is 18.8 Å². The molecule has 82 valence electrons. The fraction of sp³-hybridized carbons (Fsp3) is 0.300. The lowest BCUT2D eigenvalue weighted by Gasteiger charge is -2.01. The van der Waals surface area contributed by atoms with Crippen LogP contribution in [0.1, 0.15) is 34.8 Å². The largest absolute Gasteiger partial charge is 0.493 e. The van der Waals surface area contributed by atoms with Crippen LogP contribution in [0.15, 0.2) is 12.4 Å². The third kappa shape index (κ3) is 1.30. The minimum absolute atomic E-state index is 0.0439. The molecule has 0 bridgehead atoms. The standard InChI is InChI=1S/C10H9N3O3/c14-8-6(5-1-2-5)3-13-4-7(9(15)16)11-10(13)12-8/h3-5H,1-2H2,(H,15,16)(H,11,12,14). The van der Waals surface area contributed by atoms with Crippen LogP contribution in [0.25, 0.3) is 5.78 Å². The van der Waals surface area contributed by atoms with Crippen LogP contribution in [0.2, 0.25) is 0 Å². The summed E-state index contributed by atoms with van der Waals surface area (Å²) in [5.74, 6) is -0.581. The van der Waals surface area contributed by atoms with Crippen LogP contribution in [0.5, 0.6) is 5.88 Å². The maximum Gasteiger partial charge on any atom is 0.356 e. The highest BCUT2D eigenvalue weighted by molar-refractivity contribution is 5.85. The summed E-state index contributed by atoms with van der Waals surface area (Å²) in [4.78, 5) is 18.4. The molecule has 0 unspecified atom stereocenters. The van der Waals surface area contributed by atoms with Crippen LogP contribution in [0, 0.1) is 0 Å². The summed E-state index contributed by atoms with van der Waals surface area (Å²) in [5.41, 5.74) is 0.696. The second-order valence-electron chi connectivity index (χ2n) is 3.93. The van der Waals surface area contributed by atoms with Crippen LogP contribution in [-0.4, -0.2) is 30.6 Å². The predicted molar refractivity (Wildman–Crippen MR) is 53.6 cm³/mol. The highest BCUT2D eigenvalue weighted by atomic mass is 16.4. The van der Waals surface area contributed by atoms with Crippen LogP contribution in [-0.2, 0) is 0 Å². The summed E-state index contributed by atoms with van der Waals surface area (Å²) < 4.78 is 1.54. The molecule has 1 saturated carbocycles. The summed E-state index contributed by atoms with van der Waals surface area (Å²) in [6.07, 6.45) is 5.19. The number of rotatable bonds is 2. The number of nitrogens with zero attached hydrogens (tertiary/aromatic N) is 3. The monoisotopic (exact) mass is 219 g/mol. The van der Waals surface area contributed by atoms with E-state index in [4.69, 9.17) is 5.11 Å². The van der Waals surface area contributed by atoms with Crippen molar-refractivity contribution in [2.45, 2.75) is 18.8 Å². The van der Waals surface area contributed by atoms with Gasteiger partial charge >= 0.3 is 5.97 Å². The van der Waals surface area contributed by atoms with E-state index in [1.54, 1.807) is 6.20 Å². The maximum absolute atomic E-state index is 10.7. The summed E-state index contributed by atoms with van der Waals surface area (Å²) in [6, 6.07) is 0. The first kappa shape index (κ1) is 9.14. The van der Waals surface area contributed by atoms with Gasteiger partial charge in [0.05, 0.1) is 0 Å². The second kappa shape index (κ2) is 2.94. The molecule has 0 aliphatic heterocycles. The zero-order chi connectivity index (χ0) is 11.3. The van der Waals surface area contributed by atoms with Gasteiger partial charge < -0.3 is 10.2 Å². The quantitative estimate of drug-likeness (QED) is 0.787. The number of fused-ring (bicyclic) bond motifs is 1. The van der Waals surface area contributed by atoms with Crippen LogP contribution in [0.3, 0.4) is 0 Å². The topological polar surface area (TPSA) is 87.7 Å². The van der Waals surface area contributed by atoms with E-state index in [0.717, 1.165) is 18.4 Å². The Labute approximate surface area is 90.2 Å². The Hall–Kier alpha value is -2.11. The van der Waals surface area contributed by atoms with Gasteiger partial charge in [-0.15, -0.1) is 0 Å². The molecule has 0 saturated heterocycles. The van der Waals surface area contributed by atoms with Crippen molar-refractivity contribution in [3.63, 3.8) is 0 Å². The van der Waals surface area contributed by atoms with E-state index in [2.05, 4.69) is 9.97 Å². The summed E-state index contributed by atoms with van der Waals surface area (Å²) in [6.45, 7) is 0. The van der Waals surface area contributed by atoms with Crippen molar-refractivity contribution in [3.8, 4) is 5.88 Å². The van der Waals surface area contributed by atoms with Crippen molar-refractivity contribution in [1.29, 1.82) is 0 Å². The lowest BCUT2D eigenvalue weighted by Crippen LogP contribution is -1.95. The number of carboxylic acids is 1. The molecule has 2 aromatic rings. The first-order chi connectivity index (χ1) is 7.65. The average Bonchev–Trinajstić information content (AvgIpc) is 2.97. The molecule has 16 heavy (non-hydrogen) atoms. The number of carboxylic acid groups (broad SMARTS) is 1. The zero-order valence-electron chi connectivity index (χ0n) is 8.29. The van der Waals surface area contributed by atoms with E-state index >= 15 is 0 Å². The van der Waals surface area contributed by atoms with E-state index in [1.165, 1.54) is 10.6 Å².